The number of hydrogen-bond donors (Lipinski definition) is 0. The molecule has 2 rings (SSSR count). The first-order valence-corrected chi connectivity index (χ1v) is 5.06. The van der Waals surface area contributed by atoms with E-state index in [9.17, 15) is 0 Å². The van der Waals surface area contributed by atoms with Crippen LogP contribution in [0.5, 0.6) is 0 Å². The number of halogens is 1. The number of hydrogen-bond acceptors (Lipinski definition) is 3. The lowest BCUT2D eigenvalue weighted by Gasteiger charge is -2.17. The maximum absolute atomic E-state index is 8.95. The second-order valence-corrected chi connectivity index (χ2v) is 3.93. The molecule has 0 bridgehead atoms. The molecule has 3 nitrogen and oxygen atoms in total. The van der Waals surface area contributed by atoms with Crippen molar-refractivity contribution in [1.29, 1.82) is 5.26 Å². The first kappa shape index (κ1) is 9.22. The van der Waals surface area contributed by atoms with E-state index in [-0.39, 0.29) is 0 Å². The summed E-state index contributed by atoms with van der Waals surface area (Å²) >= 11 is 3.30. The van der Waals surface area contributed by atoms with Gasteiger partial charge in [0.15, 0.2) is 0 Å². The molecule has 0 unspecified atom stereocenters. The van der Waals surface area contributed by atoms with Crippen LogP contribution in [-0.4, -0.2) is 18.1 Å². The summed E-state index contributed by atoms with van der Waals surface area (Å²) in [4.78, 5) is 6.31. The van der Waals surface area contributed by atoms with Crippen LogP contribution in [0.1, 0.15) is 5.56 Å². The number of nitriles is 1. The van der Waals surface area contributed by atoms with Gasteiger partial charge in [-0.05, 0) is 22.0 Å². The minimum absolute atomic E-state index is 0.614. The summed E-state index contributed by atoms with van der Waals surface area (Å²) in [5, 5.41) is 8.95. The summed E-state index contributed by atoms with van der Waals surface area (Å²) in [6, 6.07) is 3.94. The van der Waals surface area contributed by atoms with E-state index < -0.39 is 0 Å². The molecule has 0 radical (unpaired) electrons. The van der Waals surface area contributed by atoms with Crippen LogP contribution in [0.3, 0.4) is 0 Å². The van der Waals surface area contributed by atoms with Crippen LogP contribution >= 0.6 is 15.9 Å². The zero-order valence-corrected chi connectivity index (χ0v) is 9.03. The third-order valence-electron chi connectivity index (χ3n) is 2.07. The van der Waals surface area contributed by atoms with Crippen molar-refractivity contribution in [3.05, 3.63) is 34.5 Å². The Morgan fingerprint density at radius 3 is 2.79 bits per heavy atom. The van der Waals surface area contributed by atoms with Gasteiger partial charge in [0, 0.05) is 23.8 Å². The minimum atomic E-state index is 0.614. The van der Waals surface area contributed by atoms with Gasteiger partial charge in [-0.2, -0.15) is 5.26 Å². The molecule has 1 aromatic rings. The van der Waals surface area contributed by atoms with Gasteiger partial charge in [-0.15, -0.1) is 0 Å². The van der Waals surface area contributed by atoms with Crippen molar-refractivity contribution in [3.8, 4) is 6.07 Å². The summed E-state index contributed by atoms with van der Waals surface area (Å²) in [6.45, 7) is 1.67. The standard InChI is InChI=1S/C10H8BrN3/c11-9-5-8(6-12)10(13-7-9)14-3-1-2-4-14/h1-2,5,7H,3-4H2. The van der Waals surface area contributed by atoms with Gasteiger partial charge in [-0.25, -0.2) is 4.98 Å². The van der Waals surface area contributed by atoms with Crippen LogP contribution in [0.4, 0.5) is 5.82 Å². The number of aromatic nitrogens is 1. The highest BCUT2D eigenvalue weighted by Gasteiger charge is 2.13. The SMILES string of the molecule is N#Cc1cc(Br)cnc1N1CC=CC1. The van der Waals surface area contributed by atoms with Crippen LogP contribution in [0.2, 0.25) is 0 Å². The average molecular weight is 250 g/mol. The predicted octanol–water partition coefficient (Wildman–Crippen LogP) is 2.09. The number of rotatable bonds is 1. The number of anilines is 1. The first-order chi connectivity index (χ1) is 6.81. The quantitative estimate of drug-likeness (QED) is 0.716. The van der Waals surface area contributed by atoms with Gasteiger partial charge in [-0.1, -0.05) is 12.2 Å². The molecule has 4 heteroatoms. The van der Waals surface area contributed by atoms with E-state index in [0.717, 1.165) is 23.4 Å². The molecule has 0 fully saturated rings. The lowest BCUT2D eigenvalue weighted by atomic mass is 10.2. The molecular formula is C10H8BrN3. The Labute approximate surface area is 90.8 Å². The normalized spacial score (nSPS) is 14.4. The van der Waals surface area contributed by atoms with E-state index in [1.165, 1.54) is 0 Å². The summed E-state index contributed by atoms with van der Waals surface area (Å²) in [7, 11) is 0. The van der Waals surface area contributed by atoms with Crippen molar-refractivity contribution in [2.24, 2.45) is 0 Å². The van der Waals surface area contributed by atoms with Crippen molar-refractivity contribution in [2.75, 3.05) is 18.0 Å². The molecule has 0 saturated carbocycles. The Morgan fingerprint density at radius 2 is 2.14 bits per heavy atom. The van der Waals surface area contributed by atoms with Crippen LogP contribution in [-0.2, 0) is 0 Å². The topological polar surface area (TPSA) is 39.9 Å². The fraction of sp³-hybridized carbons (Fsp3) is 0.200. The lowest BCUT2D eigenvalue weighted by molar-refractivity contribution is 0.963. The first-order valence-electron chi connectivity index (χ1n) is 4.27. The molecule has 1 aliphatic rings. The van der Waals surface area contributed by atoms with Gasteiger partial charge in [0.05, 0.1) is 5.56 Å². The van der Waals surface area contributed by atoms with Crippen molar-refractivity contribution in [1.82, 2.24) is 4.98 Å². The van der Waals surface area contributed by atoms with E-state index in [1.807, 2.05) is 0 Å². The Bertz CT molecular complexity index is 412. The molecule has 70 valence electrons. The van der Waals surface area contributed by atoms with Crippen LogP contribution in [0.15, 0.2) is 28.9 Å². The van der Waals surface area contributed by atoms with Gasteiger partial charge < -0.3 is 4.90 Å². The van der Waals surface area contributed by atoms with E-state index in [0.29, 0.717) is 5.56 Å². The Kier molecular flexibility index (Phi) is 2.51. The predicted molar refractivity (Wildman–Crippen MR) is 58.0 cm³/mol. The highest BCUT2D eigenvalue weighted by molar-refractivity contribution is 9.10. The van der Waals surface area contributed by atoms with Gasteiger partial charge in [-0.3, -0.25) is 0 Å². The fourth-order valence-electron chi connectivity index (χ4n) is 1.42. The average Bonchev–Trinajstić information content (AvgIpc) is 2.70. The molecule has 0 N–H and O–H groups in total. The molecule has 0 amide bonds. The highest BCUT2D eigenvalue weighted by Crippen LogP contribution is 2.22. The zero-order valence-electron chi connectivity index (χ0n) is 7.44. The van der Waals surface area contributed by atoms with Gasteiger partial charge in [0.1, 0.15) is 11.9 Å². The van der Waals surface area contributed by atoms with Crippen molar-refractivity contribution < 1.29 is 0 Å². The second-order valence-electron chi connectivity index (χ2n) is 3.01. The zero-order chi connectivity index (χ0) is 9.97. The van der Waals surface area contributed by atoms with Gasteiger partial charge in [0.2, 0.25) is 0 Å². The Balaban J connectivity index is 2.38. The largest absolute Gasteiger partial charge is 0.348 e. The van der Waals surface area contributed by atoms with Crippen molar-refractivity contribution in [3.63, 3.8) is 0 Å². The summed E-state index contributed by atoms with van der Waals surface area (Å²) in [5.41, 5.74) is 0.614. The number of nitrogens with zero attached hydrogens (tertiary/aromatic N) is 3. The van der Waals surface area contributed by atoms with Gasteiger partial charge >= 0.3 is 0 Å². The maximum Gasteiger partial charge on any atom is 0.147 e. The Morgan fingerprint density at radius 1 is 1.43 bits per heavy atom. The molecule has 1 aromatic heterocycles. The Hall–Kier alpha value is -1.34. The van der Waals surface area contributed by atoms with Crippen LogP contribution < -0.4 is 4.90 Å². The van der Waals surface area contributed by atoms with E-state index in [1.54, 1.807) is 12.3 Å². The van der Waals surface area contributed by atoms with Crippen LogP contribution in [0.25, 0.3) is 0 Å². The van der Waals surface area contributed by atoms with E-state index in [4.69, 9.17) is 5.26 Å². The van der Waals surface area contributed by atoms with Crippen molar-refractivity contribution >= 4 is 21.7 Å². The molecule has 0 spiro atoms. The third-order valence-corrected chi connectivity index (χ3v) is 2.51. The summed E-state index contributed by atoms with van der Waals surface area (Å²) in [6.07, 6.45) is 5.87. The van der Waals surface area contributed by atoms with Crippen molar-refractivity contribution in [2.45, 2.75) is 0 Å². The molecule has 0 aromatic carbocycles. The monoisotopic (exact) mass is 249 g/mol. The molecule has 2 heterocycles. The molecule has 1 aliphatic heterocycles. The molecule has 0 atom stereocenters. The smallest absolute Gasteiger partial charge is 0.147 e. The summed E-state index contributed by atoms with van der Waals surface area (Å²) in [5.74, 6) is 0.765. The van der Waals surface area contributed by atoms with Gasteiger partial charge in [0.25, 0.3) is 0 Å². The van der Waals surface area contributed by atoms with E-state index >= 15 is 0 Å². The molecule has 14 heavy (non-hydrogen) atoms. The lowest BCUT2D eigenvalue weighted by Crippen LogP contribution is -2.20. The molecule has 0 saturated heterocycles. The van der Waals surface area contributed by atoms with Crippen LogP contribution in [0, 0.1) is 11.3 Å². The minimum Gasteiger partial charge on any atom is -0.348 e. The fourth-order valence-corrected chi connectivity index (χ4v) is 1.75. The molecular weight excluding hydrogens is 242 g/mol. The molecule has 0 aliphatic carbocycles. The summed E-state index contributed by atoms with van der Waals surface area (Å²) < 4.78 is 0.838. The number of pyridine rings is 1. The third kappa shape index (κ3) is 1.64. The van der Waals surface area contributed by atoms with E-state index in [2.05, 4.69) is 44.0 Å². The second kappa shape index (κ2) is 3.81. The highest BCUT2D eigenvalue weighted by atomic mass is 79.9. The maximum atomic E-state index is 8.95.